The first-order chi connectivity index (χ1) is 9.73. The quantitative estimate of drug-likeness (QED) is 0.866. The van der Waals surface area contributed by atoms with Crippen molar-refractivity contribution < 1.29 is 14.7 Å². The van der Waals surface area contributed by atoms with Gasteiger partial charge in [0.2, 0.25) is 0 Å². The Morgan fingerprint density at radius 3 is 2.57 bits per heavy atom. The topological polar surface area (TPSA) is 60.9 Å². The van der Waals surface area contributed by atoms with Crippen LogP contribution >= 0.6 is 11.8 Å². The number of nitrogens with zero attached hydrogens (tertiary/aromatic N) is 2. The lowest BCUT2D eigenvalue weighted by atomic mass is 10.0. The molecule has 0 unspecified atom stereocenters. The molecule has 1 aliphatic heterocycles. The molecular formula is C15H20N2O3S. The molecule has 1 N–H and O–H groups in total. The Morgan fingerprint density at radius 2 is 2.00 bits per heavy atom. The second kappa shape index (κ2) is 5.60. The second-order valence-electron chi connectivity index (χ2n) is 6.02. The lowest BCUT2D eigenvalue weighted by Gasteiger charge is -2.39. The van der Waals surface area contributed by atoms with E-state index >= 15 is 0 Å². The van der Waals surface area contributed by atoms with Crippen LogP contribution in [0.3, 0.4) is 0 Å². The summed E-state index contributed by atoms with van der Waals surface area (Å²) in [7, 11) is 1.70. The fourth-order valence-corrected chi connectivity index (χ4v) is 3.67. The number of carbonyl (C=O) groups is 2. The molecule has 21 heavy (non-hydrogen) atoms. The summed E-state index contributed by atoms with van der Waals surface area (Å²) in [6, 6.07) is 6.94. The molecule has 114 valence electrons. The summed E-state index contributed by atoms with van der Waals surface area (Å²) in [6.07, 6.45) is -1.07. The van der Waals surface area contributed by atoms with Crippen LogP contribution in [0, 0.1) is 0 Å². The van der Waals surface area contributed by atoms with Crippen molar-refractivity contribution in [2.24, 2.45) is 0 Å². The third kappa shape index (κ3) is 3.00. The number of hydrogen-bond acceptors (Lipinski definition) is 3. The van der Waals surface area contributed by atoms with E-state index < -0.39 is 17.7 Å². The summed E-state index contributed by atoms with van der Waals surface area (Å²) in [5, 5.41) is 9.52. The van der Waals surface area contributed by atoms with E-state index in [0.717, 1.165) is 10.6 Å². The molecule has 6 heteroatoms. The number of amides is 2. The first-order valence-corrected chi connectivity index (χ1v) is 7.73. The monoisotopic (exact) mass is 308 g/mol. The standard InChI is InChI=1S/C15H20N2O3S/c1-15(2,3)17(14(19)20)11-9-21-12-8-6-5-7-10(12)16(4)13(11)18/h5-8,11H,9H2,1-4H3,(H,19,20)/t11-/m0/s1. The molecule has 0 aromatic heterocycles. The molecule has 1 atom stereocenters. The van der Waals surface area contributed by atoms with Crippen molar-refractivity contribution >= 4 is 29.4 Å². The van der Waals surface area contributed by atoms with Gasteiger partial charge in [-0.15, -0.1) is 11.8 Å². The van der Waals surface area contributed by atoms with Crippen LogP contribution in [-0.4, -0.2) is 46.4 Å². The Morgan fingerprint density at radius 1 is 1.38 bits per heavy atom. The molecule has 2 amide bonds. The molecule has 0 radical (unpaired) electrons. The summed E-state index contributed by atoms with van der Waals surface area (Å²) in [6.45, 7) is 5.41. The minimum atomic E-state index is -1.07. The van der Waals surface area contributed by atoms with Gasteiger partial charge in [-0.25, -0.2) is 4.79 Å². The molecule has 0 saturated heterocycles. The van der Waals surface area contributed by atoms with E-state index in [4.69, 9.17) is 0 Å². The number of benzene rings is 1. The summed E-state index contributed by atoms with van der Waals surface area (Å²) in [5.74, 6) is 0.230. The smallest absolute Gasteiger partial charge is 0.408 e. The predicted molar refractivity (Wildman–Crippen MR) is 84.0 cm³/mol. The highest BCUT2D eigenvalue weighted by atomic mass is 32.2. The molecule has 1 heterocycles. The van der Waals surface area contributed by atoms with E-state index in [9.17, 15) is 14.7 Å². The number of carbonyl (C=O) groups excluding carboxylic acids is 1. The van der Waals surface area contributed by atoms with Crippen molar-refractivity contribution in [3.8, 4) is 0 Å². The van der Waals surface area contributed by atoms with E-state index in [1.54, 1.807) is 32.7 Å². The SMILES string of the molecule is CN1C(=O)[C@@H](N(C(=O)O)C(C)(C)C)CSc2ccccc21. The normalized spacial score (nSPS) is 19.0. The van der Waals surface area contributed by atoms with E-state index in [-0.39, 0.29) is 5.91 Å². The largest absolute Gasteiger partial charge is 0.465 e. The molecular weight excluding hydrogens is 288 g/mol. The highest BCUT2D eigenvalue weighted by Crippen LogP contribution is 2.35. The summed E-state index contributed by atoms with van der Waals surface area (Å²) < 4.78 is 0. The summed E-state index contributed by atoms with van der Waals surface area (Å²) in [5.41, 5.74) is 0.193. The van der Waals surface area contributed by atoms with E-state index in [1.807, 2.05) is 24.3 Å². The highest BCUT2D eigenvalue weighted by molar-refractivity contribution is 7.99. The summed E-state index contributed by atoms with van der Waals surface area (Å²) >= 11 is 1.52. The maximum absolute atomic E-state index is 12.7. The maximum atomic E-state index is 12.7. The first-order valence-electron chi connectivity index (χ1n) is 6.75. The zero-order chi connectivity index (χ0) is 15.8. The molecule has 0 bridgehead atoms. The Labute approximate surface area is 128 Å². The number of fused-ring (bicyclic) bond motifs is 1. The van der Waals surface area contributed by atoms with Gasteiger partial charge in [0.25, 0.3) is 5.91 Å². The number of carboxylic acid groups (broad SMARTS) is 1. The predicted octanol–water partition coefficient (Wildman–Crippen LogP) is 2.90. The zero-order valence-electron chi connectivity index (χ0n) is 12.7. The lowest BCUT2D eigenvalue weighted by Crippen LogP contribution is -2.57. The van der Waals surface area contributed by atoms with Gasteiger partial charge >= 0.3 is 6.09 Å². The van der Waals surface area contributed by atoms with Gasteiger partial charge in [-0.3, -0.25) is 9.69 Å². The van der Waals surface area contributed by atoms with Crippen LogP contribution in [0.15, 0.2) is 29.2 Å². The van der Waals surface area contributed by atoms with Crippen molar-refractivity contribution in [2.75, 3.05) is 17.7 Å². The number of hydrogen-bond donors (Lipinski definition) is 1. The average molecular weight is 308 g/mol. The zero-order valence-corrected chi connectivity index (χ0v) is 13.5. The van der Waals surface area contributed by atoms with Crippen LogP contribution in [0.1, 0.15) is 20.8 Å². The van der Waals surface area contributed by atoms with Gasteiger partial charge in [-0.05, 0) is 32.9 Å². The fourth-order valence-electron chi connectivity index (χ4n) is 2.51. The third-order valence-electron chi connectivity index (χ3n) is 3.48. The van der Waals surface area contributed by atoms with Crippen molar-refractivity contribution in [2.45, 2.75) is 37.2 Å². The van der Waals surface area contributed by atoms with E-state index in [2.05, 4.69) is 0 Å². The Kier molecular flexibility index (Phi) is 4.18. The number of anilines is 1. The van der Waals surface area contributed by atoms with Crippen molar-refractivity contribution in [1.29, 1.82) is 0 Å². The van der Waals surface area contributed by atoms with Crippen LogP contribution in [0.2, 0.25) is 0 Å². The van der Waals surface area contributed by atoms with Gasteiger partial charge in [-0.1, -0.05) is 12.1 Å². The van der Waals surface area contributed by atoms with Gasteiger partial charge in [0.05, 0.1) is 5.69 Å². The molecule has 5 nitrogen and oxygen atoms in total. The Bertz CT molecular complexity index is 568. The fraction of sp³-hybridized carbons (Fsp3) is 0.467. The number of thioether (sulfide) groups is 1. The van der Waals surface area contributed by atoms with E-state index in [1.165, 1.54) is 16.7 Å². The van der Waals surface area contributed by atoms with Crippen molar-refractivity contribution in [3.63, 3.8) is 0 Å². The van der Waals surface area contributed by atoms with E-state index in [0.29, 0.717) is 5.75 Å². The van der Waals surface area contributed by atoms with Crippen molar-refractivity contribution in [1.82, 2.24) is 4.90 Å². The molecule has 0 saturated carbocycles. The highest BCUT2D eigenvalue weighted by Gasteiger charge is 2.40. The van der Waals surface area contributed by atoms with Crippen LogP contribution in [0.4, 0.5) is 10.5 Å². The lowest BCUT2D eigenvalue weighted by molar-refractivity contribution is -0.123. The Hall–Kier alpha value is -1.69. The van der Waals surface area contributed by atoms with Gasteiger partial charge < -0.3 is 10.0 Å². The minimum Gasteiger partial charge on any atom is -0.465 e. The minimum absolute atomic E-state index is 0.190. The van der Waals surface area contributed by atoms with Gasteiger partial charge in [-0.2, -0.15) is 0 Å². The molecule has 1 aromatic rings. The van der Waals surface area contributed by atoms with Crippen LogP contribution in [0.5, 0.6) is 0 Å². The third-order valence-corrected chi connectivity index (χ3v) is 4.62. The summed E-state index contributed by atoms with van der Waals surface area (Å²) in [4.78, 5) is 28.1. The van der Waals surface area contributed by atoms with Gasteiger partial charge in [0.1, 0.15) is 6.04 Å². The number of para-hydroxylation sites is 1. The van der Waals surface area contributed by atoms with Crippen molar-refractivity contribution in [3.05, 3.63) is 24.3 Å². The molecule has 1 aliphatic rings. The van der Waals surface area contributed by atoms with Crippen LogP contribution < -0.4 is 4.90 Å². The number of rotatable bonds is 1. The second-order valence-corrected chi connectivity index (χ2v) is 7.08. The maximum Gasteiger partial charge on any atom is 0.408 e. The average Bonchev–Trinajstić information content (AvgIpc) is 2.50. The first kappa shape index (κ1) is 15.7. The molecule has 2 rings (SSSR count). The molecule has 0 spiro atoms. The van der Waals surface area contributed by atoms with Crippen LogP contribution in [0.25, 0.3) is 0 Å². The number of likely N-dealkylation sites (N-methyl/N-ethyl adjacent to an activating group) is 1. The molecule has 0 fully saturated rings. The van der Waals surface area contributed by atoms with Gasteiger partial charge in [0.15, 0.2) is 0 Å². The van der Waals surface area contributed by atoms with Gasteiger partial charge in [0, 0.05) is 23.2 Å². The van der Waals surface area contributed by atoms with Crippen LogP contribution in [-0.2, 0) is 4.79 Å². The molecule has 0 aliphatic carbocycles. The molecule has 1 aromatic carbocycles. The Balaban J connectivity index is 2.41.